The summed E-state index contributed by atoms with van der Waals surface area (Å²) >= 11 is 0. The van der Waals surface area contributed by atoms with Crippen molar-refractivity contribution < 1.29 is 14.3 Å². The van der Waals surface area contributed by atoms with Gasteiger partial charge in [-0.2, -0.15) is 5.10 Å². The standard InChI is InChI=1S/C12H22N4O3/c1-9(8-19-4)16(5-6-18-3)12(17)11-10(13)7-14-15(11)2/h7,9H,5-6,8,13H2,1-4H3. The molecule has 0 bridgehead atoms. The third kappa shape index (κ3) is 3.68. The maximum atomic E-state index is 12.5. The summed E-state index contributed by atoms with van der Waals surface area (Å²) in [6.07, 6.45) is 1.47. The van der Waals surface area contributed by atoms with E-state index in [0.29, 0.717) is 31.1 Å². The maximum absolute atomic E-state index is 12.5. The van der Waals surface area contributed by atoms with E-state index < -0.39 is 0 Å². The molecule has 7 nitrogen and oxygen atoms in total. The van der Waals surface area contributed by atoms with Gasteiger partial charge in [-0.05, 0) is 6.92 Å². The largest absolute Gasteiger partial charge is 0.396 e. The molecule has 1 amide bonds. The lowest BCUT2D eigenvalue weighted by Gasteiger charge is -2.28. The molecule has 0 aliphatic heterocycles. The van der Waals surface area contributed by atoms with Crippen molar-refractivity contribution in [3.63, 3.8) is 0 Å². The molecule has 108 valence electrons. The number of aryl methyl sites for hydroxylation is 1. The quantitative estimate of drug-likeness (QED) is 0.761. The van der Waals surface area contributed by atoms with Gasteiger partial charge >= 0.3 is 0 Å². The highest BCUT2D eigenvalue weighted by Gasteiger charge is 2.25. The Morgan fingerprint density at radius 1 is 1.53 bits per heavy atom. The van der Waals surface area contributed by atoms with Gasteiger partial charge in [0, 0.05) is 27.8 Å². The Balaban J connectivity index is 2.93. The topological polar surface area (TPSA) is 82.6 Å². The summed E-state index contributed by atoms with van der Waals surface area (Å²) in [7, 11) is 4.90. The highest BCUT2D eigenvalue weighted by Crippen LogP contribution is 2.14. The fourth-order valence-electron chi connectivity index (χ4n) is 1.90. The van der Waals surface area contributed by atoms with E-state index in [4.69, 9.17) is 15.2 Å². The number of anilines is 1. The van der Waals surface area contributed by atoms with Crippen LogP contribution in [-0.2, 0) is 16.5 Å². The van der Waals surface area contributed by atoms with E-state index in [9.17, 15) is 4.79 Å². The van der Waals surface area contributed by atoms with Gasteiger partial charge in [0.15, 0.2) is 0 Å². The number of carbonyl (C=O) groups is 1. The molecule has 1 heterocycles. The Labute approximate surface area is 113 Å². The fourth-order valence-corrected chi connectivity index (χ4v) is 1.90. The summed E-state index contributed by atoms with van der Waals surface area (Å²) in [4.78, 5) is 14.2. The zero-order chi connectivity index (χ0) is 14.4. The summed E-state index contributed by atoms with van der Waals surface area (Å²) in [5.74, 6) is -0.167. The molecule has 0 spiro atoms. The van der Waals surface area contributed by atoms with Crippen LogP contribution in [0.15, 0.2) is 6.20 Å². The minimum Gasteiger partial charge on any atom is -0.396 e. The summed E-state index contributed by atoms with van der Waals surface area (Å²) in [5.41, 5.74) is 6.55. The predicted molar refractivity (Wildman–Crippen MR) is 71.9 cm³/mol. The zero-order valence-electron chi connectivity index (χ0n) is 11.9. The molecule has 1 aromatic rings. The van der Waals surface area contributed by atoms with E-state index in [0.717, 1.165) is 0 Å². The lowest BCUT2D eigenvalue weighted by atomic mass is 10.2. The molecule has 1 rings (SSSR count). The van der Waals surface area contributed by atoms with Crippen molar-refractivity contribution in [2.75, 3.05) is 39.7 Å². The van der Waals surface area contributed by atoms with Crippen LogP contribution in [0.1, 0.15) is 17.4 Å². The van der Waals surface area contributed by atoms with Crippen LogP contribution in [0.4, 0.5) is 5.69 Å². The fraction of sp³-hybridized carbons (Fsp3) is 0.667. The zero-order valence-corrected chi connectivity index (χ0v) is 11.9. The SMILES string of the molecule is COCCN(C(=O)c1c(N)cnn1C)C(C)COC. The number of nitrogens with zero attached hydrogens (tertiary/aromatic N) is 3. The lowest BCUT2D eigenvalue weighted by Crippen LogP contribution is -2.43. The third-order valence-corrected chi connectivity index (χ3v) is 2.91. The van der Waals surface area contributed by atoms with Gasteiger partial charge < -0.3 is 20.1 Å². The van der Waals surface area contributed by atoms with Crippen molar-refractivity contribution in [1.82, 2.24) is 14.7 Å². The summed E-state index contributed by atoms with van der Waals surface area (Å²) in [6, 6.07) is -0.0676. The minimum absolute atomic E-state index is 0.0676. The predicted octanol–water partition coefficient (Wildman–Crippen LogP) is 0.126. The van der Waals surface area contributed by atoms with Gasteiger partial charge in [-0.25, -0.2) is 0 Å². The molecule has 7 heteroatoms. The number of carbonyl (C=O) groups excluding carboxylic acids is 1. The number of hydrogen-bond donors (Lipinski definition) is 1. The number of nitrogens with two attached hydrogens (primary N) is 1. The van der Waals surface area contributed by atoms with E-state index in [1.54, 1.807) is 26.2 Å². The molecule has 1 unspecified atom stereocenters. The van der Waals surface area contributed by atoms with Crippen LogP contribution in [0.25, 0.3) is 0 Å². The number of nitrogen functional groups attached to an aromatic ring is 1. The Hall–Kier alpha value is -1.60. The first kappa shape index (κ1) is 15.5. The molecule has 1 aromatic heterocycles. The molecule has 0 saturated carbocycles. The average molecular weight is 270 g/mol. The highest BCUT2D eigenvalue weighted by molar-refractivity contribution is 5.97. The normalized spacial score (nSPS) is 12.4. The molecular formula is C12H22N4O3. The number of hydrogen-bond acceptors (Lipinski definition) is 5. The number of amides is 1. The van der Waals surface area contributed by atoms with E-state index in [-0.39, 0.29) is 11.9 Å². The summed E-state index contributed by atoms with van der Waals surface area (Å²) in [5, 5.41) is 3.99. The van der Waals surface area contributed by atoms with Gasteiger partial charge in [0.25, 0.3) is 5.91 Å². The number of ether oxygens (including phenoxy) is 2. The molecule has 0 aromatic carbocycles. The van der Waals surface area contributed by atoms with Gasteiger partial charge in [0.05, 0.1) is 31.1 Å². The van der Waals surface area contributed by atoms with Crippen molar-refractivity contribution >= 4 is 11.6 Å². The van der Waals surface area contributed by atoms with Crippen LogP contribution in [0.2, 0.25) is 0 Å². The van der Waals surface area contributed by atoms with Gasteiger partial charge in [-0.3, -0.25) is 9.48 Å². The molecule has 2 N–H and O–H groups in total. The second-order valence-corrected chi connectivity index (χ2v) is 4.37. The van der Waals surface area contributed by atoms with Crippen LogP contribution < -0.4 is 5.73 Å². The smallest absolute Gasteiger partial charge is 0.274 e. The first-order valence-corrected chi connectivity index (χ1v) is 6.09. The first-order valence-electron chi connectivity index (χ1n) is 6.09. The minimum atomic E-state index is -0.167. The van der Waals surface area contributed by atoms with Crippen LogP contribution in [0, 0.1) is 0 Å². The van der Waals surface area contributed by atoms with Crippen molar-refractivity contribution in [2.45, 2.75) is 13.0 Å². The van der Waals surface area contributed by atoms with Crippen molar-refractivity contribution in [2.24, 2.45) is 7.05 Å². The number of rotatable bonds is 7. The highest BCUT2D eigenvalue weighted by atomic mass is 16.5. The molecule has 0 aliphatic rings. The summed E-state index contributed by atoms with van der Waals surface area (Å²) < 4.78 is 11.6. The lowest BCUT2D eigenvalue weighted by molar-refractivity contribution is 0.0471. The van der Waals surface area contributed by atoms with Crippen LogP contribution in [-0.4, -0.2) is 60.6 Å². The molecule has 0 aliphatic carbocycles. The molecular weight excluding hydrogens is 248 g/mol. The van der Waals surface area contributed by atoms with Gasteiger partial charge in [-0.15, -0.1) is 0 Å². The Morgan fingerprint density at radius 2 is 2.21 bits per heavy atom. The van der Waals surface area contributed by atoms with Crippen molar-refractivity contribution in [3.8, 4) is 0 Å². The van der Waals surface area contributed by atoms with Crippen molar-refractivity contribution in [3.05, 3.63) is 11.9 Å². The van der Waals surface area contributed by atoms with Crippen LogP contribution in [0.5, 0.6) is 0 Å². The number of methoxy groups -OCH3 is 2. The Morgan fingerprint density at radius 3 is 2.68 bits per heavy atom. The molecule has 19 heavy (non-hydrogen) atoms. The van der Waals surface area contributed by atoms with E-state index >= 15 is 0 Å². The molecule has 0 radical (unpaired) electrons. The number of aromatic nitrogens is 2. The van der Waals surface area contributed by atoms with Gasteiger partial charge in [0.1, 0.15) is 5.69 Å². The molecule has 1 atom stereocenters. The van der Waals surface area contributed by atoms with Gasteiger partial charge in [0.2, 0.25) is 0 Å². The Kier molecular flexibility index (Phi) is 5.78. The van der Waals surface area contributed by atoms with Crippen LogP contribution >= 0.6 is 0 Å². The second-order valence-electron chi connectivity index (χ2n) is 4.37. The van der Waals surface area contributed by atoms with E-state index in [1.165, 1.54) is 10.9 Å². The summed E-state index contributed by atoms with van der Waals surface area (Å²) in [6.45, 7) is 3.30. The second kappa shape index (κ2) is 7.10. The molecule has 0 fully saturated rings. The van der Waals surface area contributed by atoms with Crippen molar-refractivity contribution in [1.29, 1.82) is 0 Å². The molecule has 0 saturated heterocycles. The monoisotopic (exact) mass is 270 g/mol. The average Bonchev–Trinajstić information content (AvgIpc) is 2.69. The maximum Gasteiger partial charge on any atom is 0.274 e. The first-order chi connectivity index (χ1) is 9.02. The van der Waals surface area contributed by atoms with E-state index in [2.05, 4.69) is 5.10 Å². The van der Waals surface area contributed by atoms with Crippen LogP contribution in [0.3, 0.4) is 0 Å². The van der Waals surface area contributed by atoms with Gasteiger partial charge in [-0.1, -0.05) is 0 Å². The van der Waals surface area contributed by atoms with E-state index in [1.807, 2.05) is 6.92 Å². The Bertz CT molecular complexity index is 400. The third-order valence-electron chi connectivity index (χ3n) is 2.91.